The van der Waals surface area contributed by atoms with Gasteiger partial charge in [-0.25, -0.2) is 0 Å². The summed E-state index contributed by atoms with van der Waals surface area (Å²) in [6.45, 7) is 3.44. The van der Waals surface area contributed by atoms with E-state index in [2.05, 4.69) is 4.99 Å². The number of aliphatic imine (C=N–C) groups is 1. The molecule has 1 aliphatic rings. The summed E-state index contributed by atoms with van der Waals surface area (Å²) in [6, 6.07) is 0. The first kappa shape index (κ1) is 7.95. The standard InChI is InChI=1S/C5H11BN2OS/c1-6(9)8-4-3-7-5(8)10-2/h9H,3-4H2,1-2H3. The maximum atomic E-state index is 9.19. The number of hydrogen-bond acceptors (Lipinski definition) is 4. The van der Waals surface area contributed by atoms with Gasteiger partial charge in [0.05, 0.1) is 6.54 Å². The minimum Gasteiger partial charge on any atom is -0.432 e. The second kappa shape index (κ2) is 3.30. The second-order valence-corrected chi connectivity index (χ2v) is 2.97. The molecule has 1 heterocycles. The predicted molar refractivity (Wildman–Crippen MR) is 46.4 cm³/mol. The van der Waals surface area contributed by atoms with Crippen LogP contribution in [0.4, 0.5) is 0 Å². The van der Waals surface area contributed by atoms with Gasteiger partial charge >= 0.3 is 7.05 Å². The molecule has 0 amide bonds. The minimum atomic E-state index is -0.395. The summed E-state index contributed by atoms with van der Waals surface area (Å²) in [4.78, 5) is 6.10. The van der Waals surface area contributed by atoms with Gasteiger partial charge in [0.1, 0.15) is 5.17 Å². The maximum Gasteiger partial charge on any atom is 0.411 e. The van der Waals surface area contributed by atoms with Crippen molar-refractivity contribution in [2.45, 2.75) is 6.82 Å². The molecule has 0 atom stereocenters. The molecule has 10 heavy (non-hydrogen) atoms. The van der Waals surface area contributed by atoms with Crippen LogP contribution in [0.2, 0.25) is 6.82 Å². The van der Waals surface area contributed by atoms with Crippen LogP contribution in [-0.2, 0) is 0 Å². The van der Waals surface area contributed by atoms with E-state index in [0.29, 0.717) is 0 Å². The number of hydrogen-bond donors (Lipinski definition) is 1. The summed E-state index contributed by atoms with van der Waals surface area (Å²) in [6.07, 6.45) is 1.97. The number of thioether (sulfide) groups is 1. The van der Waals surface area contributed by atoms with Gasteiger partial charge in [0.25, 0.3) is 0 Å². The Morgan fingerprint density at radius 2 is 2.50 bits per heavy atom. The molecule has 0 aromatic heterocycles. The van der Waals surface area contributed by atoms with Gasteiger partial charge in [0, 0.05) is 6.54 Å². The highest BCUT2D eigenvalue weighted by molar-refractivity contribution is 8.13. The van der Waals surface area contributed by atoms with Crippen molar-refractivity contribution in [2.75, 3.05) is 19.3 Å². The van der Waals surface area contributed by atoms with Crippen LogP contribution in [-0.4, -0.2) is 41.4 Å². The van der Waals surface area contributed by atoms with Crippen LogP contribution in [0.1, 0.15) is 0 Å². The molecule has 0 aromatic rings. The molecule has 5 heteroatoms. The Bertz CT molecular complexity index is 151. The van der Waals surface area contributed by atoms with E-state index in [1.165, 1.54) is 0 Å². The topological polar surface area (TPSA) is 35.8 Å². The van der Waals surface area contributed by atoms with Gasteiger partial charge in [0.2, 0.25) is 0 Å². The highest BCUT2D eigenvalue weighted by Crippen LogP contribution is 2.11. The van der Waals surface area contributed by atoms with E-state index >= 15 is 0 Å². The highest BCUT2D eigenvalue weighted by atomic mass is 32.2. The zero-order chi connectivity index (χ0) is 7.56. The van der Waals surface area contributed by atoms with Crippen LogP contribution in [0.3, 0.4) is 0 Å². The molecule has 0 bridgehead atoms. The van der Waals surface area contributed by atoms with E-state index in [1.54, 1.807) is 18.6 Å². The monoisotopic (exact) mass is 158 g/mol. The average Bonchev–Trinajstić information content (AvgIpc) is 2.33. The van der Waals surface area contributed by atoms with Gasteiger partial charge in [-0.05, 0) is 13.1 Å². The Labute approximate surface area is 65.6 Å². The first-order chi connectivity index (χ1) is 4.75. The van der Waals surface area contributed by atoms with Crippen molar-refractivity contribution in [2.24, 2.45) is 4.99 Å². The SMILES string of the molecule is CSC1=NCCN1B(C)O. The van der Waals surface area contributed by atoms with Gasteiger partial charge in [-0.1, -0.05) is 11.8 Å². The molecule has 0 aliphatic carbocycles. The molecule has 0 radical (unpaired) electrons. The molecule has 0 fully saturated rings. The largest absolute Gasteiger partial charge is 0.432 e. The van der Waals surface area contributed by atoms with Crippen molar-refractivity contribution in [1.29, 1.82) is 0 Å². The number of rotatable bonds is 1. The Hall–Kier alpha value is -0.155. The van der Waals surface area contributed by atoms with Crippen molar-refractivity contribution in [3.05, 3.63) is 0 Å². The number of nitrogens with zero attached hydrogens (tertiary/aromatic N) is 2. The molecule has 56 valence electrons. The molecule has 3 nitrogen and oxygen atoms in total. The lowest BCUT2D eigenvalue weighted by Gasteiger charge is -2.18. The van der Waals surface area contributed by atoms with Gasteiger partial charge in [-0.3, -0.25) is 4.99 Å². The summed E-state index contributed by atoms with van der Waals surface area (Å²) in [5.74, 6) is 0. The molecular weight excluding hydrogens is 147 g/mol. The Balaban J connectivity index is 2.54. The molecule has 0 spiro atoms. The van der Waals surface area contributed by atoms with Crippen molar-refractivity contribution in [3.8, 4) is 0 Å². The van der Waals surface area contributed by atoms with E-state index in [4.69, 9.17) is 0 Å². The molecule has 0 unspecified atom stereocenters. The third-order valence-corrected chi connectivity index (χ3v) is 2.20. The van der Waals surface area contributed by atoms with E-state index < -0.39 is 7.05 Å². The van der Waals surface area contributed by atoms with Crippen molar-refractivity contribution < 1.29 is 5.02 Å². The van der Waals surface area contributed by atoms with Crippen LogP contribution in [0, 0.1) is 0 Å². The van der Waals surface area contributed by atoms with Crippen LogP contribution < -0.4 is 0 Å². The Morgan fingerprint density at radius 3 is 2.90 bits per heavy atom. The smallest absolute Gasteiger partial charge is 0.411 e. The molecule has 1 aliphatic heterocycles. The van der Waals surface area contributed by atoms with Crippen molar-refractivity contribution >= 4 is 24.0 Å². The molecule has 0 aromatic carbocycles. The van der Waals surface area contributed by atoms with E-state index in [0.717, 1.165) is 18.3 Å². The van der Waals surface area contributed by atoms with Crippen LogP contribution in [0.5, 0.6) is 0 Å². The summed E-state index contributed by atoms with van der Waals surface area (Å²) in [5.41, 5.74) is 0. The number of amidine groups is 1. The van der Waals surface area contributed by atoms with Crippen molar-refractivity contribution in [3.63, 3.8) is 0 Å². The third kappa shape index (κ3) is 1.46. The lowest BCUT2D eigenvalue weighted by Crippen LogP contribution is -2.38. The van der Waals surface area contributed by atoms with E-state index in [1.807, 2.05) is 11.1 Å². The fraction of sp³-hybridized carbons (Fsp3) is 0.800. The summed E-state index contributed by atoms with van der Waals surface area (Å²) in [5, 5.41) is 10.1. The predicted octanol–water partition coefficient (Wildman–Crippen LogP) is 0.131. The molecule has 0 saturated heterocycles. The normalized spacial score (nSPS) is 17.5. The zero-order valence-electron chi connectivity index (χ0n) is 6.24. The van der Waals surface area contributed by atoms with Gasteiger partial charge in [0.15, 0.2) is 0 Å². The molecule has 0 saturated carbocycles. The fourth-order valence-electron chi connectivity index (χ4n) is 0.968. The van der Waals surface area contributed by atoms with Crippen LogP contribution in [0.15, 0.2) is 4.99 Å². The first-order valence-electron chi connectivity index (χ1n) is 3.29. The molecule has 1 N–H and O–H groups in total. The van der Waals surface area contributed by atoms with E-state index in [-0.39, 0.29) is 0 Å². The van der Waals surface area contributed by atoms with Gasteiger partial charge in [-0.15, -0.1) is 0 Å². The zero-order valence-corrected chi connectivity index (χ0v) is 7.06. The summed E-state index contributed by atoms with van der Waals surface area (Å²) in [7, 11) is -0.395. The van der Waals surface area contributed by atoms with E-state index in [9.17, 15) is 5.02 Å². The second-order valence-electron chi connectivity index (χ2n) is 2.19. The summed E-state index contributed by atoms with van der Waals surface area (Å²) >= 11 is 1.58. The Kier molecular flexibility index (Phi) is 2.62. The van der Waals surface area contributed by atoms with Gasteiger partial charge in [-0.2, -0.15) is 0 Å². The van der Waals surface area contributed by atoms with Gasteiger partial charge < -0.3 is 9.83 Å². The quantitative estimate of drug-likeness (QED) is 0.551. The first-order valence-corrected chi connectivity index (χ1v) is 4.51. The third-order valence-electron chi connectivity index (χ3n) is 1.47. The summed E-state index contributed by atoms with van der Waals surface area (Å²) < 4.78 is 0. The average molecular weight is 158 g/mol. The molecule has 1 rings (SSSR count). The fourth-order valence-corrected chi connectivity index (χ4v) is 1.67. The molecular formula is C5H11BN2OS. The van der Waals surface area contributed by atoms with Crippen molar-refractivity contribution in [1.82, 2.24) is 4.81 Å². The lowest BCUT2D eigenvalue weighted by molar-refractivity contribution is 0.494. The van der Waals surface area contributed by atoms with Crippen LogP contribution >= 0.6 is 11.8 Å². The Morgan fingerprint density at radius 1 is 1.80 bits per heavy atom. The highest BCUT2D eigenvalue weighted by Gasteiger charge is 2.22. The van der Waals surface area contributed by atoms with Crippen LogP contribution in [0.25, 0.3) is 0 Å². The minimum absolute atomic E-state index is 0.395. The lowest BCUT2D eigenvalue weighted by atomic mass is 9.86. The maximum absolute atomic E-state index is 9.19.